The van der Waals surface area contributed by atoms with Crippen molar-refractivity contribution in [3.63, 3.8) is 0 Å². The van der Waals surface area contributed by atoms with Crippen molar-refractivity contribution in [3.8, 4) is 0 Å². The second kappa shape index (κ2) is 6.26. The van der Waals surface area contributed by atoms with Gasteiger partial charge in [0, 0.05) is 17.9 Å². The summed E-state index contributed by atoms with van der Waals surface area (Å²) in [5, 5.41) is 3.14. The molecule has 0 spiro atoms. The number of rotatable bonds is 4. The molecule has 0 saturated carbocycles. The SMILES string of the molecule is CNC(Cc1cccc(C(F)(F)F)c1)c1cccnc1C. The Kier molecular flexibility index (Phi) is 4.63. The molecule has 5 heteroatoms. The topological polar surface area (TPSA) is 24.9 Å². The minimum Gasteiger partial charge on any atom is -0.313 e. The maximum Gasteiger partial charge on any atom is 0.416 e. The van der Waals surface area contributed by atoms with Gasteiger partial charge in [-0.3, -0.25) is 4.98 Å². The van der Waals surface area contributed by atoms with E-state index in [4.69, 9.17) is 0 Å². The van der Waals surface area contributed by atoms with E-state index in [-0.39, 0.29) is 6.04 Å². The number of pyridine rings is 1. The monoisotopic (exact) mass is 294 g/mol. The van der Waals surface area contributed by atoms with Gasteiger partial charge in [0.25, 0.3) is 0 Å². The van der Waals surface area contributed by atoms with Gasteiger partial charge < -0.3 is 5.32 Å². The largest absolute Gasteiger partial charge is 0.416 e. The van der Waals surface area contributed by atoms with Crippen LogP contribution in [0.3, 0.4) is 0 Å². The molecule has 1 heterocycles. The summed E-state index contributed by atoms with van der Waals surface area (Å²) in [6.45, 7) is 1.89. The van der Waals surface area contributed by atoms with Gasteiger partial charge in [0.2, 0.25) is 0 Å². The average molecular weight is 294 g/mol. The standard InChI is InChI=1S/C16H17F3N2/c1-11-14(7-4-8-21-11)15(20-2)10-12-5-3-6-13(9-12)16(17,18)19/h3-9,15,20H,10H2,1-2H3. The van der Waals surface area contributed by atoms with Crippen LogP contribution >= 0.6 is 0 Å². The molecular formula is C16H17F3N2. The highest BCUT2D eigenvalue weighted by Crippen LogP contribution is 2.30. The van der Waals surface area contributed by atoms with Crippen molar-refractivity contribution in [2.75, 3.05) is 7.05 Å². The molecule has 0 aliphatic rings. The van der Waals surface area contributed by atoms with E-state index in [9.17, 15) is 13.2 Å². The summed E-state index contributed by atoms with van der Waals surface area (Å²) >= 11 is 0. The van der Waals surface area contributed by atoms with Crippen molar-refractivity contribution in [2.24, 2.45) is 0 Å². The minimum absolute atomic E-state index is 0.0674. The molecule has 1 N–H and O–H groups in total. The summed E-state index contributed by atoms with van der Waals surface area (Å²) < 4.78 is 38.2. The Balaban J connectivity index is 2.26. The molecular weight excluding hydrogens is 277 g/mol. The summed E-state index contributed by atoms with van der Waals surface area (Å²) in [5.41, 5.74) is 1.91. The second-order valence-corrected chi connectivity index (χ2v) is 4.92. The fourth-order valence-electron chi connectivity index (χ4n) is 2.34. The number of aromatic nitrogens is 1. The molecule has 1 aromatic heterocycles. The molecule has 1 unspecified atom stereocenters. The fourth-order valence-corrected chi connectivity index (χ4v) is 2.34. The van der Waals surface area contributed by atoms with Gasteiger partial charge in [-0.15, -0.1) is 0 Å². The van der Waals surface area contributed by atoms with Crippen LogP contribution in [0.15, 0.2) is 42.6 Å². The number of aryl methyl sites for hydroxylation is 1. The van der Waals surface area contributed by atoms with Crippen LogP contribution in [0.4, 0.5) is 13.2 Å². The third-order valence-corrected chi connectivity index (χ3v) is 3.47. The Bertz CT molecular complexity index is 608. The van der Waals surface area contributed by atoms with Crippen molar-refractivity contribution in [1.29, 1.82) is 0 Å². The van der Waals surface area contributed by atoms with E-state index in [0.29, 0.717) is 12.0 Å². The lowest BCUT2D eigenvalue weighted by Gasteiger charge is -2.19. The molecule has 1 atom stereocenters. The van der Waals surface area contributed by atoms with E-state index < -0.39 is 11.7 Å². The number of halogens is 3. The van der Waals surface area contributed by atoms with Gasteiger partial charge >= 0.3 is 6.18 Å². The van der Waals surface area contributed by atoms with Crippen molar-refractivity contribution in [1.82, 2.24) is 10.3 Å². The van der Waals surface area contributed by atoms with Crippen LogP contribution in [-0.2, 0) is 12.6 Å². The molecule has 0 amide bonds. The van der Waals surface area contributed by atoms with Crippen LogP contribution in [0.5, 0.6) is 0 Å². The van der Waals surface area contributed by atoms with Crippen molar-refractivity contribution >= 4 is 0 Å². The Hall–Kier alpha value is -1.88. The maximum atomic E-state index is 12.7. The molecule has 0 bridgehead atoms. The summed E-state index contributed by atoms with van der Waals surface area (Å²) in [6.07, 6.45) is -2.13. The number of alkyl halides is 3. The van der Waals surface area contributed by atoms with E-state index in [1.807, 2.05) is 19.1 Å². The highest BCUT2D eigenvalue weighted by molar-refractivity contribution is 5.29. The quantitative estimate of drug-likeness (QED) is 0.924. The zero-order valence-electron chi connectivity index (χ0n) is 11.9. The molecule has 0 radical (unpaired) electrons. The summed E-state index contributed by atoms with van der Waals surface area (Å²) in [5.74, 6) is 0. The number of hydrogen-bond donors (Lipinski definition) is 1. The number of likely N-dealkylation sites (N-methyl/N-ethyl adjacent to an activating group) is 1. The molecule has 0 saturated heterocycles. The Labute approximate surface area is 122 Å². The Morgan fingerprint density at radius 2 is 1.95 bits per heavy atom. The van der Waals surface area contributed by atoms with E-state index in [1.54, 1.807) is 19.3 Å². The van der Waals surface area contributed by atoms with Crippen LogP contribution in [0.1, 0.15) is 28.4 Å². The number of nitrogens with zero attached hydrogens (tertiary/aromatic N) is 1. The van der Waals surface area contributed by atoms with Gasteiger partial charge in [-0.05, 0) is 43.7 Å². The van der Waals surface area contributed by atoms with E-state index in [0.717, 1.165) is 17.3 Å². The zero-order chi connectivity index (χ0) is 15.5. The van der Waals surface area contributed by atoms with Gasteiger partial charge in [-0.25, -0.2) is 0 Å². The average Bonchev–Trinajstić information content (AvgIpc) is 2.45. The van der Waals surface area contributed by atoms with E-state index in [1.165, 1.54) is 12.1 Å². The first-order valence-corrected chi connectivity index (χ1v) is 6.66. The van der Waals surface area contributed by atoms with Gasteiger partial charge in [0.15, 0.2) is 0 Å². The Morgan fingerprint density at radius 1 is 1.19 bits per heavy atom. The molecule has 2 aromatic rings. The first kappa shape index (κ1) is 15.5. The molecule has 21 heavy (non-hydrogen) atoms. The lowest BCUT2D eigenvalue weighted by atomic mass is 9.97. The van der Waals surface area contributed by atoms with E-state index >= 15 is 0 Å². The fraction of sp³-hybridized carbons (Fsp3) is 0.312. The second-order valence-electron chi connectivity index (χ2n) is 4.92. The van der Waals surface area contributed by atoms with Crippen molar-refractivity contribution in [3.05, 3.63) is 65.0 Å². The van der Waals surface area contributed by atoms with Crippen LogP contribution in [0.25, 0.3) is 0 Å². The van der Waals surface area contributed by atoms with Gasteiger partial charge in [0.05, 0.1) is 5.56 Å². The van der Waals surface area contributed by atoms with Crippen molar-refractivity contribution in [2.45, 2.75) is 25.6 Å². The molecule has 0 aliphatic carbocycles. The minimum atomic E-state index is -4.31. The van der Waals surface area contributed by atoms with Crippen molar-refractivity contribution < 1.29 is 13.2 Å². The molecule has 2 nitrogen and oxygen atoms in total. The molecule has 0 aliphatic heterocycles. The van der Waals surface area contributed by atoms with Gasteiger partial charge in [0.1, 0.15) is 0 Å². The lowest BCUT2D eigenvalue weighted by molar-refractivity contribution is -0.137. The van der Waals surface area contributed by atoms with E-state index in [2.05, 4.69) is 10.3 Å². The number of hydrogen-bond acceptors (Lipinski definition) is 2. The van der Waals surface area contributed by atoms with Gasteiger partial charge in [-0.2, -0.15) is 13.2 Å². The predicted octanol–water partition coefficient (Wildman–Crippen LogP) is 3.91. The smallest absolute Gasteiger partial charge is 0.313 e. The number of benzene rings is 1. The molecule has 2 rings (SSSR count). The third kappa shape index (κ3) is 3.82. The highest BCUT2D eigenvalue weighted by Gasteiger charge is 2.30. The Morgan fingerprint density at radius 3 is 2.57 bits per heavy atom. The molecule has 1 aromatic carbocycles. The summed E-state index contributed by atoms with van der Waals surface area (Å²) in [6, 6.07) is 9.16. The lowest BCUT2D eigenvalue weighted by Crippen LogP contribution is -2.20. The predicted molar refractivity (Wildman–Crippen MR) is 75.9 cm³/mol. The summed E-state index contributed by atoms with van der Waals surface area (Å²) in [4.78, 5) is 4.23. The molecule has 112 valence electrons. The zero-order valence-corrected chi connectivity index (χ0v) is 11.9. The normalized spacial score (nSPS) is 13.2. The summed E-state index contributed by atoms with van der Waals surface area (Å²) in [7, 11) is 1.80. The van der Waals surface area contributed by atoms with Crippen LogP contribution in [0.2, 0.25) is 0 Å². The van der Waals surface area contributed by atoms with Gasteiger partial charge in [-0.1, -0.05) is 24.3 Å². The highest BCUT2D eigenvalue weighted by atomic mass is 19.4. The first-order valence-electron chi connectivity index (χ1n) is 6.66. The first-order chi connectivity index (χ1) is 9.91. The van der Waals surface area contributed by atoms with Crippen LogP contribution in [0, 0.1) is 6.92 Å². The maximum absolute atomic E-state index is 12.7. The third-order valence-electron chi connectivity index (χ3n) is 3.47. The van der Waals surface area contributed by atoms with Crippen LogP contribution in [-0.4, -0.2) is 12.0 Å². The molecule has 0 fully saturated rings. The number of nitrogens with one attached hydrogen (secondary N) is 1. The van der Waals surface area contributed by atoms with Crippen LogP contribution < -0.4 is 5.32 Å².